The summed E-state index contributed by atoms with van der Waals surface area (Å²) < 4.78 is 0. The largest absolute Gasteiger partial charge is 0.289 e. The van der Waals surface area contributed by atoms with Crippen LogP contribution in [0, 0.1) is 0 Å². The summed E-state index contributed by atoms with van der Waals surface area (Å²) in [5, 5.41) is 0. The molecule has 0 radical (unpaired) electrons. The summed E-state index contributed by atoms with van der Waals surface area (Å²) >= 11 is 0. The van der Waals surface area contributed by atoms with E-state index in [9.17, 15) is 4.79 Å². The van der Waals surface area contributed by atoms with Crippen molar-refractivity contribution in [2.24, 2.45) is 0 Å². The third kappa shape index (κ3) is 4.40. The second kappa shape index (κ2) is 11.0. The van der Waals surface area contributed by atoms with E-state index in [-0.39, 0.29) is 5.78 Å². The average Bonchev–Trinajstić information content (AvgIpc) is 3.13. The minimum Gasteiger partial charge on any atom is -0.289 e. The number of carbonyl (C=O) groups excluding carboxylic acids is 1. The van der Waals surface area contributed by atoms with Crippen LogP contribution in [0.5, 0.6) is 0 Å². The molecule has 0 fully saturated rings. The molecule has 1 heterocycles. The number of aromatic nitrogens is 2. The molecule has 212 valence electrons. The van der Waals surface area contributed by atoms with Gasteiger partial charge in [0.1, 0.15) is 0 Å². The van der Waals surface area contributed by atoms with Gasteiger partial charge >= 0.3 is 0 Å². The van der Waals surface area contributed by atoms with Crippen molar-refractivity contribution in [3.05, 3.63) is 203 Å². The van der Waals surface area contributed by atoms with Crippen LogP contribution in [0.15, 0.2) is 170 Å². The summed E-state index contributed by atoms with van der Waals surface area (Å²) in [6.45, 7) is 0. The molecule has 0 aliphatic heterocycles. The topological polar surface area (TPSA) is 42.9 Å². The zero-order valence-electron chi connectivity index (χ0n) is 24.5. The van der Waals surface area contributed by atoms with Crippen molar-refractivity contribution >= 4 is 5.78 Å². The molecule has 1 aromatic heterocycles. The van der Waals surface area contributed by atoms with Gasteiger partial charge in [-0.05, 0) is 34.4 Å². The van der Waals surface area contributed by atoms with Crippen molar-refractivity contribution in [3.63, 3.8) is 0 Å². The Labute approximate surface area is 262 Å². The number of hydrogen-bond donors (Lipinski definition) is 0. The molecule has 8 rings (SSSR count). The molecule has 3 nitrogen and oxygen atoms in total. The Bertz CT molecular complexity index is 2060. The van der Waals surface area contributed by atoms with Gasteiger partial charge in [-0.2, -0.15) is 0 Å². The van der Waals surface area contributed by atoms with Crippen molar-refractivity contribution < 1.29 is 4.79 Å². The predicted octanol–water partition coefficient (Wildman–Crippen LogP) is 9.40. The molecule has 6 aromatic carbocycles. The molecular weight excluding hydrogens is 548 g/mol. The van der Waals surface area contributed by atoms with E-state index in [2.05, 4.69) is 78.9 Å². The SMILES string of the molecule is O=C1c2ccccc2C(c2ccccc2)(c2ccccc2)c2ccc(-c3cc(-c4ccccc4)nc(-c4ccccc4)n3)cc21. The van der Waals surface area contributed by atoms with E-state index in [0.29, 0.717) is 17.0 Å². The Hall–Kier alpha value is -5.93. The smallest absolute Gasteiger partial charge is 0.193 e. The van der Waals surface area contributed by atoms with Gasteiger partial charge in [0.05, 0.1) is 16.8 Å². The van der Waals surface area contributed by atoms with E-state index >= 15 is 0 Å². The average molecular weight is 577 g/mol. The Morgan fingerprint density at radius 1 is 0.400 bits per heavy atom. The molecule has 0 bridgehead atoms. The first-order valence-corrected chi connectivity index (χ1v) is 15.1. The zero-order chi connectivity index (χ0) is 30.2. The number of ketones is 1. The quantitative estimate of drug-likeness (QED) is 0.205. The highest BCUT2D eigenvalue weighted by molar-refractivity contribution is 6.14. The molecule has 0 spiro atoms. The third-order valence-corrected chi connectivity index (χ3v) is 8.78. The molecular formula is C42H28N2O. The van der Waals surface area contributed by atoms with Crippen LogP contribution in [-0.2, 0) is 5.41 Å². The molecule has 0 saturated heterocycles. The lowest BCUT2D eigenvalue weighted by Gasteiger charge is -2.41. The number of benzene rings is 6. The van der Waals surface area contributed by atoms with E-state index in [1.165, 1.54) is 0 Å². The third-order valence-electron chi connectivity index (χ3n) is 8.78. The predicted molar refractivity (Wildman–Crippen MR) is 180 cm³/mol. The summed E-state index contributed by atoms with van der Waals surface area (Å²) in [7, 11) is 0. The second-order valence-corrected chi connectivity index (χ2v) is 11.3. The van der Waals surface area contributed by atoms with Crippen molar-refractivity contribution in [1.82, 2.24) is 9.97 Å². The van der Waals surface area contributed by atoms with E-state index in [1.807, 2.05) is 91.0 Å². The molecule has 0 amide bonds. The lowest BCUT2D eigenvalue weighted by molar-refractivity contribution is 0.103. The molecule has 0 atom stereocenters. The van der Waals surface area contributed by atoms with Crippen LogP contribution < -0.4 is 0 Å². The van der Waals surface area contributed by atoms with Gasteiger partial charge in [-0.1, -0.05) is 158 Å². The molecule has 0 saturated carbocycles. The summed E-state index contributed by atoms with van der Waals surface area (Å²) in [6, 6.07) is 57.5. The first-order chi connectivity index (χ1) is 22.2. The summed E-state index contributed by atoms with van der Waals surface area (Å²) in [5.41, 5.74) is 9.33. The van der Waals surface area contributed by atoms with Crippen molar-refractivity contribution in [2.45, 2.75) is 5.41 Å². The highest BCUT2D eigenvalue weighted by Crippen LogP contribution is 2.51. The van der Waals surface area contributed by atoms with E-state index in [0.717, 1.165) is 50.3 Å². The van der Waals surface area contributed by atoms with Gasteiger partial charge in [0.15, 0.2) is 11.6 Å². The Balaban J connectivity index is 1.39. The summed E-state index contributed by atoms with van der Waals surface area (Å²) in [6.07, 6.45) is 0. The maximum atomic E-state index is 14.4. The van der Waals surface area contributed by atoms with Gasteiger partial charge in [0, 0.05) is 27.8 Å². The number of hydrogen-bond acceptors (Lipinski definition) is 3. The fourth-order valence-corrected chi connectivity index (χ4v) is 6.75. The Morgan fingerprint density at radius 3 is 1.51 bits per heavy atom. The lowest BCUT2D eigenvalue weighted by atomic mass is 9.59. The number of carbonyl (C=O) groups is 1. The standard InChI is InChI=1S/C42H28N2O/c45-40-34-23-13-14-24-36(34)42(32-19-9-3-10-20-32,33-21-11-4-12-22-33)37-26-25-31(27-35(37)40)39-28-38(29-15-5-1-6-16-29)43-41(44-39)30-17-7-2-8-18-30/h1-28H. The van der Waals surface area contributed by atoms with Crippen LogP contribution in [0.25, 0.3) is 33.9 Å². The van der Waals surface area contributed by atoms with E-state index < -0.39 is 5.41 Å². The van der Waals surface area contributed by atoms with Gasteiger partial charge in [0.2, 0.25) is 0 Å². The van der Waals surface area contributed by atoms with Crippen molar-refractivity contribution in [2.75, 3.05) is 0 Å². The molecule has 45 heavy (non-hydrogen) atoms. The fourth-order valence-electron chi connectivity index (χ4n) is 6.75. The number of fused-ring (bicyclic) bond motifs is 2. The van der Waals surface area contributed by atoms with Crippen molar-refractivity contribution in [3.8, 4) is 33.9 Å². The first kappa shape index (κ1) is 26.7. The molecule has 7 aromatic rings. The van der Waals surface area contributed by atoms with Gasteiger partial charge in [-0.15, -0.1) is 0 Å². The normalized spacial score (nSPS) is 13.1. The zero-order valence-corrected chi connectivity index (χ0v) is 24.5. The fraction of sp³-hybridized carbons (Fsp3) is 0.0238. The lowest BCUT2D eigenvalue weighted by Crippen LogP contribution is -2.38. The highest BCUT2D eigenvalue weighted by Gasteiger charge is 2.46. The number of nitrogens with zero attached hydrogens (tertiary/aromatic N) is 2. The van der Waals surface area contributed by atoms with Gasteiger partial charge in [-0.3, -0.25) is 4.79 Å². The Morgan fingerprint density at radius 2 is 0.889 bits per heavy atom. The molecule has 3 heteroatoms. The van der Waals surface area contributed by atoms with Crippen molar-refractivity contribution in [1.29, 1.82) is 0 Å². The minimum atomic E-state index is -0.670. The van der Waals surface area contributed by atoms with E-state index in [1.54, 1.807) is 0 Å². The maximum Gasteiger partial charge on any atom is 0.193 e. The molecule has 1 aliphatic carbocycles. The second-order valence-electron chi connectivity index (χ2n) is 11.3. The summed E-state index contributed by atoms with van der Waals surface area (Å²) in [4.78, 5) is 24.4. The summed E-state index contributed by atoms with van der Waals surface area (Å²) in [5.74, 6) is 0.662. The van der Waals surface area contributed by atoms with Crippen LogP contribution >= 0.6 is 0 Å². The van der Waals surface area contributed by atoms with Crippen LogP contribution in [0.1, 0.15) is 38.2 Å². The monoisotopic (exact) mass is 576 g/mol. The van der Waals surface area contributed by atoms with Crippen LogP contribution in [-0.4, -0.2) is 15.8 Å². The van der Waals surface area contributed by atoms with Gasteiger partial charge < -0.3 is 0 Å². The molecule has 1 aliphatic rings. The molecule has 0 unspecified atom stereocenters. The number of rotatable bonds is 5. The van der Waals surface area contributed by atoms with Crippen LogP contribution in [0.3, 0.4) is 0 Å². The first-order valence-electron chi connectivity index (χ1n) is 15.1. The van der Waals surface area contributed by atoms with Gasteiger partial charge in [-0.25, -0.2) is 9.97 Å². The van der Waals surface area contributed by atoms with Gasteiger partial charge in [0.25, 0.3) is 0 Å². The highest BCUT2D eigenvalue weighted by atomic mass is 16.1. The molecule has 0 N–H and O–H groups in total. The minimum absolute atomic E-state index is 0.0190. The Kier molecular flexibility index (Phi) is 6.50. The van der Waals surface area contributed by atoms with E-state index in [4.69, 9.17) is 9.97 Å². The van der Waals surface area contributed by atoms with Crippen LogP contribution in [0.4, 0.5) is 0 Å². The van der Waals surface area contributed by atoms with Crippen LogP contribution in [0.2, 0.25) is 0 Å². The maximum absolute atomic E-state index is 14.4.